The molecular formula is C13H15NO4. The average molecular weight is 249 g/mol. The number of hydrogen-bond acceptors (Lipinski definition) is 4. The first-order valence-corrected chi connectivity index (χ1v) is 5.70. The normalized spacial score (nSPS) is 15.7. The van der Waals surface area contributed by atoms with Crippen molar-refractivity contribution in [1.29, 1.82) is 0 Å². The summed E-state index contributed by atoms with van der Waals surface area (Å²) in [7, 11) is 1.34. The van der Waals surface area contributed by atoms with Crippen LogP contribution in [0.2, 0.25) is 0 Å². The Balaban J connectivity index is 2.34. The highest BCUT2D eigenvalue weighted by Crippen LogP contribution is 2.21. The molecule has 2 rings (SSSR count). The summed E-state index contributed by atoms with van der Waals surface area (Å²) in [5, 5.41) is 0. The number of rotatable bonds is 2. The van der Waals surface area contributed by atoms with Gasteiger partial charge in [0, 0.05) is 12.2 Å². The summed E-state index contributed by atoms with van der Waals surface area (Å²) in [5.74, 6) is -0.490. The maximum atomic E-state index is 11.7. The maximum Gasteiger partial charge on any atom is 0.338 e. The fraction of sp³-hybridized carbons (Fsp3) is 0.385. The van der Waals surface area contributed by atoms with Crippen molar-refractivity contribution >= 4 is 17.6 Å². The van der Waals surface area contributed by atoms with Gasteiger partial charge in [0.2, 0.25) is 0 Å². The Labute approximate surface area is 105 Å². The zero-order valence-electron chi connectivity index (χ0n) is 10.4. The van der Waals surface area contributed by atoms with E-state index in [9.17, 15) is 9.59 Å². The lowest BCUT2D eigenvalue weighted by Crippen LogP contribution is -2.41. The fourth-order valence-corrected chi connectivity index (χ4v) is 1.90. The van der Waals surface area contributed by atoms with Crippen LogP contribution in [0.4, 0.5) is 5.69 Å². The summed E-state index contributed by atoms with van der Waals surface area (Å²) in [5.41, 5.74) is 2.01. The van der Waals surface area contributed by atoms with Crippen LogP contribution in [-0.2, 0) is 14.3 Å². The number of carbonyl (C=O) groups is 2. The number of nitrogens with zero attached hydrogens (tertiary/aromatic N) is 1. The summed E-state index contributed by atoms with van der Waals surface area (Å²) in [6.07, 6.45) is 0. The highest BCUT2D eigenvalue weighted by atomic mass is 16.5. The smallest absolute Gasteiger partial charge is 0.338 e. The zero-order valence-corrected chi connectivity index (χ0v) is 10.4. The van der Waals surface area contributed by atoms with Crippen molar-refractivity contribution in [1.82, 2.24) is 0 Å². The van der Waals surface area contributed by atoms with Gasteiger partial charge in [-0.3, -0.25) is 4.79 Å². The van der Waals surface area contributed by atoms with Gasteiger partial charge in [-0.15, -0.1) is 0 Å². The number of anilines is 1. The molecule has 0 N–H and O–H groups in total. The van der Waals surface area contributed by atoms with Gasteiger partial charge in [0.05, 0.1) is 19.3 Å². The molecule has 96 valence electrons. The number of aryl methyl sites for hydroxylation is 1. The molecule has 18 heavy (non-hydrogen) atoms. The van der Waals surface area contributed by atoms with Crippen LogP contribution in [0.15, 0.2) is 18.2 Å². The van der Waals surface area contributed by atoms with Crippen LogP contribution in [0, 0.1) is 6.92 Å². The van der Waals surface area contributed by atoms with Gasteiger partial charge in [-0.25, -0.2) is 4.79 Å². The van der Waals surface area contributed by atoms with Gasteiger partial charge >= 0.3 is 5.97 Å². The molecular weight excluding hydrogens is 234 g/mol. The monoisotopic (exact) mass is 249 g/mol. The van der Waals surface area contributed by atoms with Crippen molar-refractivity contribution in [2.75, 3.05) is 31.8 Å². The van der Waals surface area contributed by atoms with Gasteiger partial charge in [-0.2, -0.15) is 0 Å². The van der Waals surface area contributed by atoms with E-state index >= 15 is 0 Å². The Bertz CT molecular complexity index is 484. The lowest BCUT2D eigenvalue weighted by atomic mass is 10.1. The Morgan fingerprint density at radius 3 is 2.89 bits per heavy atom. The van der Waals surface area contributed by atoms with Crippen LogP contribution < -0.4 is 4.90 Å². The van der Waals surface area contributed by atoms with Crippen molar-refractivity contribution in [2.24, 2.45) is 0 Å². The molecule has 1 fully saturated rings. The largest absolute Gasteiger partial charge is 0.465 e. The standard InChI is InChI=1S/C13H15NO4/c1-9-3-4-10(7-11(9)13(16)17-2)14-5-6-18-8-12(14)15/h3-4,7H,5-6,8H2,1-2H3. The first-order valence-electron chi connectivity index (χ1n) is 5.70. The Morgan fingerprint density at radius 1 is 1.44 bits per heavy atom. The van der Waals surface area contributed by atoms with E-state index in [0.717, 1.165) is 5.56 Å². The van der Waals surface area contributed by atoms with Crippen molar-refractivity contribution in [3.8, 4) is 0 Å². The number of ether oxygens (including phenoxy) is 2. The van der Waals surface area contributed by atoms with Crippen molar-refractivity contribution in [2.45, 2.75) is 6.92 Å². The molecule has 0 spiro atoms. The average Bonchev–Trinajstić information content (AvgIpc) is 2.39. The molecule has 1 aromatic carbocycles. The molecule has 0 bridgehead atoms. The van der Waals surface area contributed by atoms with Crippen LogP contribution in [0.3, 0.4) is 0 Å². The molecule has 5 heteroatoms. The minimum Gasteiger partial charge on any atom is -0.465 e. The summed E-state index contributed by atoms with van der Waals surface area (Å²) < 4.78 is 9.79. The lowest BCUT2D eigenvalue weighted by molar-refractivity contribution is -0.125. The predicted molar refractivity (Wildman–Crippen MR) is 65.7 cm³/mol. The quantitative estimate of drug-likeness (QED) is 0.738. The number of methoxy groups -OCH3 is 1. The number of benzene rings is 1. The SMILES string of the molecule is COC(=O)c1cc(N2CCOCC2=O)ccc1C. The second kappa shape index (κ2) is 5.18. The highest BCUT2D eigenvalue weighted by Gasteiger charge is 2.21. The van der Waals surface area contributed by atoms with Crippen molar-refractivity contribution in [3.05, 3.63) is 29.3 Å². The molecule has 0 radical (unpaired) electrons. The third kappa shape index (κ3) is 2.36. The van der Waals surface area contributed by atoms with E-state index in [4.69, 9.17) is 9.47 Å². The lowest BCUT2D eigenvalue weighted by Gasteiger charge is -2.27. The molecule has 0 saturated carbocycles. The summed E-state index contributed by atoms with van der Waals surface area (Å²) >= 11 is 0. The number of hydrogen-bond donors (Lipinski definition) is 0. The molecule has 1 aromatic rings. The van der Waals surface area contributed by atoms with Gasteiger partial charge in [0.1, 0.15) is 6.61 Å². The van der Waals surface area contributed by atoms with E-state index in [0.29, 0.717) is 24.4 Å². The maximum absolute atomic E-state index is 11.7. The van der Waals surface area contributed by atoms with Crippen molar-refractivity contribution in [3.63, 3.8) is 0 Å². The van der Waals surface area contributed by atoms with E-state index in [-0.39, 0.29) is 12.5 Å². The third-order valence-electron chi connectivity index (χ3n) is 2.92. The molecule has 0 atom stereocenters. The Kier molecular flexibility index (Phi) is 3.62. The van der Waals surface area contributed by atoms with E-state index in [1.54, 1.807) is 11.0 Å². The van der Waals surface area contributed by atoms with Gasteiger partial charge in [0.15, 0.2) is 0 Å². The molecule has 1 aliphatic heterocycles. The minimum absolute atomic E-state index is 0.0848. The van der Waals surface area contributed by atoms with Gasteiger partial charge < -0.3 is 14.4 Å². The summed E-state index contributed by atoms with van der Waals surface area (Å²) in [6.45, 7) is 2.92. The van der Waals surface area contributed by atoms with E-state index in [1.165, 1.54) is 7.11 Å². The summed E-state index contributed by atoms with van der Waals surface area (Å²) in [6, 6.07) is 5.32. The molecule has 5 nitrogen and oxygen atoms in total. The minimum atomic E-state index is -0.393. The van der Waals surface area contributed by atoms with Crippen LogP contribution in [0.5, 0.6) is 0 Å². The molecule has 1 amide bonds. The number of carbonyl (C=O) groups excluding carboxylic acids is 2. The van der Waals surface area contributed by atoms with E-state index in [1.807, 2.05) is 19.1 Å². The summed E-state index contributed by atoms with van der Waals surface area (Å²) in [4.78, 5) is 24.9. The zero-order chi connectivity index (χ0) is 13.1. The van der Waals surface area contributed by atoms with Gasteiger partial charge in [0.25, 0.3) is 5.91 Å². The van der Waals surface area contributed by atoms with Gasteiger partial charge in [-0.05, 0) is 24.6 Å². The second-order valence-electron chi connectivity index (χ2n) is 4.09. The second-order valence-corrected chi connectivity index (χ2v) is 4.09. The molecule has 1 saturated heterocycles. The number of amides is 1. The highest BCUT2D eigenvalue weighted by molar-refractivity contribution is 5.97. The third-order valence-corrected chi connectivity index (χ3v) is 2.92. The molecule has 0 unspecified atom stereocenters. The molecule has 0 aliphatic carbocycles. The van der Waals surface area contributed by atoms with E-state index < -0.39 is 5.97 Å². The fourth-order valence-electron chi connectivity index (χ4n) is 1.90. The first kappa shape index (κ1) is 12.6. The molecule has 0 aromatic heterocycles. The molecule has 1 aliphatic rings. The Morgan fingerprint density at radius 2 is 2.22 bits per heavy atom. The number of morpholine rings is 1. The van der Waals surface area contributed by atoms with Crippen LogP contribution in [-0.4, -0.2) is 38.7 Å². The topological polar surface area (TPSA) is 55.8 Å². The first-order chi connectivity index (χ1) is 8.63. The van der Waals surface area contributed by atoms with E-state index in [2.05, 4.69) is 0 Å². The van der Waals surface area contributed by atoms with Crippen LogP contribution in [0.1, 0.15) is 15.9 Å². The number of esters is 1. The predicted octanol–water partition coefficient (Wildman–Crippen LogP) is 1.14. The van der Waals surface area contributed by atoms with Crippen LogP contribution in [0.25, 0.3) is 0 Å². The van der Waals surface area contributed by atoms with Crippen LogP contribution >= 0.6 is 0 Å². The Hall–Kier alpha value is -1.88. The van der Waals surface area contributed by atoms with Gasteiger partial charge in [-0.1, -0.05) is 6.07 Å². The molecule has 1 heterocycles. The van der Waals surface area contributed by atoms with Crippen molar-refractivity contribution < 1.29 is 19.1 Å².